The summed E-state index contributed by atoms with van der Waals surface area (Å²) in [6, 6.07) is 18.7. The van der Waals surface area contributed by atoms with Crippen LogP contribution in [0.25, 0.3) is 32.9 Å². The van der Waals surface area contributed by atoms with Gasteiger partial charge in [0.05, 0.1) is 5.56 Å². The summed E-state index contributed by atoms with van der Waals surface area (Å²) in [5.41, 5.74) is 5.43. The third kappa shape index (κ3) is 3.60. The van der Waals surface area contributed by atoms with E-state index in [4.69, 9.17) is 4.42 Å². The highest BCUT2D eigenvalue weighted by Gasteiger charge is 2.12. The molecule has 0 amide bonds. The van der Waals surface area contributed by atoms with Gasteiger partial charge in [-0.05, 0) is 69.7 Å². The molecule has 0 N–H and O–H groups in total. The number of rotatable bonds is 4. The Morgan fingerprint density at radius 2 is 1.41 bits per heavy atom. The summed E-state index contributed by atoms with van der Waals surface area (Å²) in [4.78, 5) is 12.7. The van der Waals surface area contributed by atoms with Crippen LogP contribution < -0.4 is 5.63 Å². The minimum absolute atomic E-state index is 0.290. The Morgan fingerprint density at radius 1 is 0.704 bits per heavy atom. The zero-order valence-electron chi connectivity index (χ0n) is 14.9. The van der Waals surface area contributed by atoms with Gasteiger partial charge in [0.1, 0.15) is 5.58 Å². The summed E-state index contributed by atoms with van der Waals surface area (Å²) in [7, 11) is 8.22. The van der Waals surface area contributed by atoms with Crippen molar-refractivity contribution >= 4 is 49.5 Å². The summed E-state index contributed by atoms with van der Waals surface area (Å²) in [6.45, 7) is 0. The molecule has 5 heteroatoms. The first-order chi connectivity index (χ1) is 13.1. The van der Waals surface area contributed by atoms with E-state index in [1.807, 2.05) is 12.1 Å². The molecule has 0 fully saturated rings. The summed E-state index contributed by atoms with van der Waals surface area (Å²) in [5.74, 6) is 0. The quantitative estimate of drug-likeness (QED) is 0.317. The van der Waals surface area contributed by atoms with Crippen molar-refractivity contribution in [3.05, 3.63) is 81.7 Å². The van der Waals surface area contributed by atoms with E-state index in [1.165, 1.54) is 16.5 Å². The van der Waals surface area contributed by atoms with Crippen molar-refractivity contribution in [1.29, 1.82) is 0 Å². The molecule has 1 heterocycles. The maximum Gasteiger partial charge on any atom is 0.344 e. The van der Waals surface area contributed by atoms with Crippen LogP contribution in [0, 0.1) is 0 Å². The van der Waals surface area contributed by atoms with Crippen LogP contribution in [0.4, 0.5) is 0 Å². The second kappa shape index (κ2) is 7.81. The minimum atomic E-state index is -0.290. The molecule has 0 bridgehead atoms. The predicted octanol–water partition coefficient (Wildman–Crippen LogP) is 5.74. The van der Waals surface area contributed by atoms with E-state index in [0.717, 1.165) is 40.4 Å². The van der Waals surface area contributed by atoms with E-state index >= 15 is 0 Å². The molecule has 0 saturated heterocycles. The summed E-state index contributed by atoms with van der Waals surface area (Å²) in [6.07, 6.45) is 2.56. The van der Waals surface area contributed by atoms with Gasteiger partial charge in [0.15, 0.2) is 0 Å². The fraction of sp³-hybridized carbons (Fsp3) is 0.136. The number of hydrogen-bond acceptors (Lipinski definition) is 2. The van der Waals surface area contributed by atoms with Gasteiger partial charge in [-0.1, -0.05) is 36.4 Å². The maximum atomic E-state index is 12.7. The van der Waals surface area contributed by atoms with Crippen LogP contribution in [-0.2, 0) is 18.5 Å². The molecule has 3 atom stereocenters. The van der Waals surface area contributed by atoms with E-state index in [1.54, 1.807) is 0 Å². The number of fused-ring (bicyclic) bond motifs is 2. The van der Waals surface area contributed by atoms with Gasteiger partial charge >= 0.3 is 5.63 Å². The van der Waals surface area contributed by atoms with Crippen molar-refractivity contribution in [2.45, 2.75) is 18.5 Å². The average Bonchev–Trinajstić information content (AvgIpc) is 2.71. The zero-order valence-corrected chi connectivity index (χ0v) is 18.3. The molecule has 4 rings (SSSR count). The first kappa shape index (κ1) is 18.8. The van der Waals surface area contributed by atoms with Gasteiger partial charge in [0, 0.05) is 5.39 Å². The SMILES string of the molecule is O=c1oc2c(CP)cc(CP)cc2cc1-c1ccc2cc(CP)ccc2c1. The van der Waals surface area contributed by atoms with Crippen molar-refractivity contribution in [2.75, 3.05) is 0 Å². The molecule has 27 heavy (non-hydrogen) atoms. The van der Waals surface area contributed by atoms with Gasteiger partial charge in [0.2, 0.25) is 0 Å². The lowest BCUT2D eigenvalue weighted by Gasteiger charge is -2.09. The van der Waals surface area contributed by atoms with Crippen LogP contribution in [0.3, 0.4) is 0 Å². The maximum absolute atomic E-state index is 12.7. The van der Waals surface area contributed by atoms with Crippen LogP contribution in [0.5, 0.6) is 0 Å². The van der Waals surface area contributed by atoms with Crippen LogP contribution in [0.15, 0.2) is 63.8 Å². The van der Waals surface area contributed by atoms with Gasteiger partial charge < -0.3 is 4.42 Å². The Labute approximate surface area is 165 Å². The van der Waals surface area contributed by atoms with Gasteiger partial charge in [-0.15, -0.1) is 27.7 Å². The Bertz CT molecular complexity index is 1210. The Hall–Kier alpha value is -1.58. The monoisotopic (exact) mass is 410 g/mol. The predicted molar refractivity (Wildman–Crippen MR) is 126 cm³/mol. The molecule has 0 saturated carbocycles. The van der Waals surface area contributed by atoms with E-state index in [2.05, 4.69) is 70.2 Å². The lowest BCUT2D eigenvalue weighted by molar-refractivity contribution is 0.561. The van der Waals surface area contributed by atoms with E-state index in [-0.39, 0.29) is 5.63 Å². The van der Waals surface area contributed by atoms with Crippen molar-refractivity contribution in [3.8, 4) is 11.1 Å². The van der Waals surface area contributed by atoms with Crippen LogP contribution in [0.1, 0.15) is 16.7 Å². The van der Waals surface area contributed by atoms with Crippen LogP contribution >= 0.6 is 27.7 Å². The van der Waals surface area contributed by atoms with Gasteiger partial charge in [-0.3, -0.25) is 0 Å². The standard InChI is InChI=1S/C22H21O2P3/c23-22-20(9-18-6-14(11-26)7-19(12-27)21(18)24-22)17-4-3-15-5-13(10-25)1-2-16(15)8-17/h1-9H,10-12,25-27H2. The van der Waals surface area contributed by atoms with E-state index in [9.17, 15) is 4.79 Å². The molecule has 3 aromatic carbocycles. The van der Waals surface area contributed by atoms with Gasteiger partial charge in [-0.2, -0.15) is 0 Å². The van der Waals surface area contributed by atoms with Crippen molar-refractivity contribution in [3.63, 3.8) is 0 Å². The Balaban J connectivity index is 1.91. The first-order valence-electron chi connectivity index (χ1n) is 8.86. The molecule has 0 radical (unpaired) electrons. The molecule has 1 aromatic heterocycles. The summed E-state index contributed by atoms with van der Waals surface area (Å²) < 4.78 is 5.74. The van der Waals surface area contributed by atoms with Crippen molar-refractivity contribution < 1.29 is 4.42 Å². The summed E-state index contributed by atoms with van der Waals surface area (Å²) >= 11 is 0. The second-order valence-corrected chi connectivity index (χ2v) is 7.85. The highest BCUT2D eigenvalue weighted by Crippen LogP contribution is 2.29. The second-order valence-electron chi connectivity index (χ2n) is 6.63. The molecular formula is C22H21O2P3. The lowest BCUT2D eigenvalue weighted by Crippen LogP contribution is -2.04. The number of benzene rings is 3. The first-order valence-corrected chi connectivity index (χ1v) is 11.3. The van der Waals surface area contributed by atoms with Crippen LogP contribution in [0.2, 0.25) is 0 Å². The third-order valence-electron chi connectivity index (χ3n) is 4.88. The number of hydrogen-bond donors (Lipinski definition) is 0. The molecular weight excluding hydrogens is 389 g/mol. The fourth-order valence-electron chi connectivity index (χ4n) is 3.44. The Kier molecular flexibility index (Phi) is 5.43. The molecule has 0 spiro atoms. The minimum Gasteiger partial charge on any atom is -0.422 e. The van der Waals surface area contributed by atoms with Gasteiger partial charge in [0.25, 0.3) is 0 Å². The molecule has 0 aliphatic rings. The summed E-state index contributed by atoms with van der Waals surface area (Å²) in [5, 5.41) is 3.28. The van der Waals surface area contributed by atoms with Crippen molar-refractivity contribution in [1.82, 2.24) is 0 Å². The topological polar surface area (TPSA) is 30.2 Å². The highest BCUT2D eigenvalue weighted by atomic mass is 31.0. The largest absolute Gasteiger partial charge is 0.422 e. The normalized spacial score (nSPS) is 11.4. The van der Waals surface area contributed by atoms with Crippen LogP contribution in [-0.4, -0.2) is 0 Å². The molecule has 0 aliphatic carbocycles. The zero-order chi connectivity index (χ0) is 19.0. The van der Waals surface area contributed by atoms with Crippen molar-refractivity contribution in [2.24, 2.45) is 0 Å². The smallest absolute Gasteiger partial charge is 0.344 e. The lowest BCUT2D eigenvalue weighted by atomic mass is 9.99. The highest BCUT2D eigenvalue weighted by molar-refractivity contribution is 7.15. The average molecular weight is 410 g/mol. The Morgan fingerprint density at radius 3 is 2.15 bits per heavy atom. The molecule has 136 valence electrons. The molecule has 2 nitrogen and oxygen atoms in total. The molecule has 4 aromatic rings. The third-order valence-corrected chi connectivity index (χ3v) is 6.26. The molecule has 0 aliphatic heterocycles. The van der Waals surface area contributed by atoms with Gasteiger partial charge in [-0.25, -0.2) is 4.79 Å². The fourth-order valence-corrected chi connectivity index (χ4v) is 4.23. The van der Waals surface area contributed by atoms with E-state index in [0.29, 0.717) is 11.1 Å². The molecule has 3 unspecified atom stereocenters. The van der Waals surface area contributed by atoms with E-state index < -0.39 is 0 Å².